The Balaban J connectivity index is 1.21. The topological polar surface area (TPSA) is 66.9 Å². The van der Waals surface area contributed by atoms with Gasteiger partial charge in [-0.15, -0.1) is 0 Å². The number of ether oxygens (including phenoxy) is 2. The Morgan fingerprint density at radius 1 is 1.10 bits per heavy atom. The largest absolute Gasteiger partial charge is 0.454 e. The highest BCUT2D eigenvalue weighted by Gasteiger charge is 2.24. The molecule has 3 heterocycles. The first-order valence-corrected chi connectivity index (χ1v) is 10.6. The second-order valence-electron chi connectivity index (χ2n) is 7.12. The first kappa shape index (κ1) is 18.1. The molecule has 0 unspecified atom stereocenters. The van der Waals surface area contributed by atoms with Crippen LogP contribution in [0.4, 0.5) is 15.6 Å². The quantitative estimate of drug-likeness (QED) is 0.708. The van der Waals surface area contributed by atoms with Crippen molar-refractivity contribution in [2.45, 2.75) is 13.3 Å². The van der Waals surface area contributed by atoms with E-state index in [9.17, 15) is 4.79 Å². The Bertz CT molecular complexity index is 1060. The Hall–Kier alpha value is -3.00. The number of rotatable bonds is 3. The van der Waals surface area contributed by atoms with E-state index in [0.717, 1.165) is 30.2 Å². The fourth-order valence-corrected chi connectivity index (χ4v) is 4.67. The number of hydrogen-bond acceptors (Lipinski definition) is 6. The van der Waals surface area contributed by atoms with E-state index in [0.29, 0.717) is 30.3 Å². The van der Waals surface area contributed by atoms with Gasteiger partial charge in [-0.25, -0.2) is 9.78 Å². The summed E-state index contributed by atoms with van der Waals surface area (Å²) >= 11 is 1.73. The highest BCUT2D eigenvalue weighted by Crippen LogP contribution is 2.34. The second kappa shape index (κ2) is 7.44. The molecule has 0 spiro atoms. The van der Waals surface area contributed by atoms with Crippen LogP contribution in [0.15, 0.2) is 36.4 Å². The van der Waals surface area contributed by atoms with Gasteiger partial charge in [-0.2, -0.15) is 0 Å². The van der Waals surface area contributed by atoms with E-state index in [1.165, 1.54) is 10.3 Å². The van der Waals surface area contributed by atoms with E-state index in [1.54, 1.807) is 17.4 Å². The molecule has 8 heteroatoms. The Kier molecular flexibility index (Phi) is 4.63. The van der Waals surface area contributed by atoms with Crippen LogP contribution in [0.3, 0.4) is 0 Å². The lowest BCUT2D eigenvalue weighted by molar-refractivity contribution is 0.174. The van der Waals surface area contributed by atoms with Gasteiger partial charge in [0.1, 0.15) is 0 Å². The Morgan fingerprint density at radius 2 is 1.93 bits per heavy atom. The van der Waals surface area contributed by atoms with Crippen molar-refractivity contribution >= 4 is 38.4 Å². The van der Waals surface area contributed by atoms with Crippen LogP contribution in [0, 0.1) is 0 Å². The maximum Gasteiger partial charge on any atom is 0.321 e. The zero-order chi connectivity index (χ0) is 19.8. The number of hydrogen-bond donors (Lipinski definition) is 1. The van der Waals surface area contributed by atoms with Gasteiger partial charge in [-0.3, -0.25) is 0 Å². The minimum Gasteiger partial charge on any atom is -0.454 e. The number of thiazole rings is 1. The molecule has 7 nitrogen and oxygen atoms in total. The normalized spacial score (nSPS) is 15.8. The van der Waals surface area contributed by atoms with Crippen molar-refractivity contribution < 1.29 is 14.3 Å². The number of fused-ring (bicyclic) bond motifs is 2. The summed E-state index contributed by atoms with van der Waals surface area (Å²) in [5.74, 6) is 1.37. The van der Waals surface area contributed by atoms with Crippen LogP contribution in [-0.2, 0) is 6.42 Å². The minimum absolute atomic E-state index is 0.0968. The first-order valence-electron chi connectivity index (χ1n) is 9.79. The van der Waals surface area contributed by atoms with Gasteiger partial charge in [-0.1, -0.05) is 24.3 Å². The number of aromatic nitrogens is 1. The third kappa shape index (κ3) is 3.55. The number of urea groups is 1. The molecule has 2 aromatic carbocycles. The smallest absolute Gasteiger partial charge is 0.321 e. The predicted molar refractivity (Wildman–Crippen MR) is 114 cm³/mol. The fourth-order valence-electron chi connectivity index (χ4n) is 3.59. The number of nitrogens with zero attached hydrogens (tertiary/aromatic N) is 3. The summed E-state index contributed by atoms with van der Waals surface area (Å²) in [5.41, 5.74) is 3.09. The molecular weight excluding hydrogens is 388 g/mol. The van der Waals surface area contributed by atoms with Crippen LogP contribution in [0.25, 0.3) is 10.2 Å². The van der Waals surface area contributed by atoms with Crippen molar-refractivity contribution in [3.05, 3.63) is 42.0 Å². The predicted octanol–water partition coefficient (Wildman–Crippen LogP) is 3.94. The van der Waals surface area contributed by atoms with Crippen LogP contribution >= 0.6 is 11.3 Å². The van der Waals surface area contributed by atoms with E-state index >= 15 is 0 Å². The third-order valence-corrected chi connectivity index (χ3v) is 6.39. The lowest BCUT2D eigenvalue weighted by atomic mass is 10.2. The molecule has 2 amide bonds. The van der Waals surface area contributed by atoms with Crippen molar-refractivity contribution in [2.75, 3.05) is 43.2 Å². The molecule has 5 rings (SSSR count). The van der Waals surface area contributed by atoms with Crippen molar-refractivity contribution in [1.29, 1.82) is 0 Å². The van der Waals surface area contributed by atoms with Crippen molar-refractivity contribution in [2.24, 2.45) is 0 Å². The van der Waals surface area contributed by atoms with Crippen LogP contribution < -0.4 is 19.7 Å². The SMILES string of the molecule is CCc1ccc2nc(N3CCN(C(=O)Nc4ccc5c(c4)OCO5)CC3)sc2c1. The average molecular weight is 410 g/mol. The van der Waals surface area contributed by atoms with Crippen LogP contribution in [-0.4, -0.2) is 48.9 Å². The van der Waals surface area contributed by atoms with Gasteiger partial charge in [-0.05, 0) is 36.2 Å². The zero-order valence-corrected chi connectivity index (χ0v) is 17.0. The summed E-state index contributed by atoms with van der Waals surface area (Å²) in [4.78, 5) is 21.5. The third-order valence-electron chi connectivity index (χ3n) is 5.31. The molecular formula is C21H22N4O3S. The van der Waals surface area contributed by atoms with E-state index in [2.05, 4.69) is 35.3 Å². The maximum atomic E-state index is 12.6. The van der Waals surface area contributed by atoms with Gasteiger partial charge >= 0.3 is 6.03 Å². The van der Waals surface area contributed by atoms with Crippen molar-refractivity contribution in [3.8, 4) is 11.5 Å². The molecule has 0 radical (unpaired) electrons. The van der Waals surface area contributed by atoms with Crippen molar-refractivity contribution in [3.63, 3.8) is 0 Å². The fraction of sp³-hybridized carbons (Fsp3) is 0.333. The molecule has 2 aliphatic rings. The molecule has 3 aromatic rings. The van der Waals surface area contributed by atoms with Crippen LogP contribution in [0.2, 0.25) is 0 Å². The zero-order valence-electron chi connectivity index (χ0n) is 16.2. The second-order valence-corrected chi connectivity index (χ2v) is 8.13. The molecule has 0 saturated carbocycles. The van der Waals surface area contributed by atoms with E-state index in [1.807, 2.05) is 17.0 Å². The summed E-state index contributed by atoms with van der Waals surface area (Å²) < 4.78 is 11.9. The van der Waals surface area contributed by atoms with Gasteiger partial charge in [0.15, 0.2) is 16.6 Å². The van der Waals surface area contributed by atoms with E-state index in [-0.39, 0.29) is 12.8 Å². The van der Waals surface area contributed by atoms with Gasteiger partial charge in [0, 0.05) is 37.9 Å². The van der Waals surface area contributed by atoms with Gasteiger partial charge in [0.2, 0.25) is 6.79 Å². The number of amides is 2. The van der Waals surface area contributed by atoms with Crippen LogP contribution in [0.1, 0.15) is 12.5 Å². The summed E-state index contributed by atoms with van der Waals surface area (Å²) in [6.45, 7) is 5.25. The summed E-state index contributed by atoms with van der Waals surface area (Å²) in [6, 6.07) is 11.8. The Morgan fingerprint density at radius 3 is 2.76 bits per heavy atom. The molecule has 0 atom stereocenters. The molecule has 0 bridgehead atoms. The number of nitrogens with one attached hydrogen (secondary N) is 1. The van der Waals surface area contributed by atoms with Crippen molar-refractivity contribution in [1.82, 2.24) is 9.88 Å². The number of carbonyl (C=O) groups excluding carboxylic acids is 1. The van der Waals surface area contributed by atoms with E-state index in [4.69, 9.17) is 14.5 Å². The number of anilines is 2. The monoisotopic (exact) mass is 410 g/mol. The van der Waals surface area contributed by atoms with Crippen LogP contribution in [0.5, 0.6) is 11.5 Å². The van der Waals surface area contributed by atoms with E-state index < -0.39 is 0 Å². The average Bonchev–Trinajstić information content (AvgIpc) is 3.39. The number of benzene rings is 2. The molecule has 150 valence electrons. The molecule has 29 heavy (non-hydrogen) atoms. The molecule has 1 saturated heterocycles. The number of piperazine rings is 1. The molecule has 0 aliphatic carbocycles. The standard InChI is InChI=1S/C21H22N4O3S/c1-2-14-3-5-16-19(11-14)29-21(23-16)25-9-7-24(8-10-25)20(26)22-15-4-6-17-18(12-15)28-13-27-17/h3-6,11-12H,2,7-10,13H2,1H3,(H,22,26). The van der Waals surface area contributed by atoms with Gasteiger partial charge < -0.3 is 24.6 Å². The summed E-state index contributed by atoms with van der Waals surface area (Å²) in [5, 5.41) is 3.98. The van der Waals surface area contributed by atoms with Gasteiger partial charge in [0.05, 0.1) is 10.2 Å². The maximum absolute atomic E-state index is 12.6. The number of carbonyl (C=O) groups is 1. The lowest BCUT2D eigenvalue weighted by Gasteiger charge is -2.34. The lowest BCUT2D eigenvalue weighted by Crippen LogP contribution is -2.50. The highest BCUT2D eigenvalue weighted by molar-refractivity contribution is 7.22. The number of aryl methyl sites for hydroxylation is 1. The molecule has 1 fully saturated rings. The minimum atomic E-state index is -0.0968. The highest BCUT2D eigenvalue weighted by atomic mass is 32.1. The summed E-state index contributed by atoms with van der Waals surface area (Å²) in [7, 11) is 0. The molecule has 1 N–H and O–H groups in total. The first-order chi connectivity index (χ1) is 14.2. The molecule has 2 aliphatic heterocycles. The van der Waals surface area contributed by atoms with Gasteiger partial charge in [0.25, 0.3) is 0 Å². The Labute approximate surface area is 172 Å². The molecule has 1 aromatic heterocycles. The summed E-state index contributed by atoms with van der Waals surface area (Å²) in [6.07, 6.45) is 1.03.